The summed E-state index contributed by atoms with van der Waals surface area (Å²) < 4.78 is 12.8. The Bertz CT molecular complexity index is 1750. The third-order valence-electron chi connectivity index (χ3n) is 8.29. The van der Waals surface area contributed by atoms with Gasteiger partial charge in [0.2, 0.25) is 11.8 Å². The molecule has 0 fully saturated rings. The van der Waals surface area contributed by atoms with Crippen LogP contribution in [0.1, 0.15) is 65.8 Å². The molecule has 12 heteroatoms. The number of benzene rings is 2. The Morgan fingerprint density at radius 3 is 1.49 bits per heavy atom. The lowest BCUT2D eigenvalue weighted by Gasteiger charge is -2.20. The lowest BCUT2D eigenvalue weighted by atomic mass is 9.99. The van der Waals surface area contributed by atoms with Crippen molar-refractivity contribution in [1.29, 1.82) is 0 Å². The Balaban J connectivity index is 1.22. The van der Waals surface area contributed by atoms with Gasteiger partial charge < -0.3 is 19.3 Å². The number of carbonyl (C=O) groups is 4. The first-order chi connectivity index (χ1) is 21.5. The summed E-state index contributed by atoms with van der Waals surface area (Å²) in [5.41, 5.74) is 3.38. The lowest BCUT2D eigenvalue weighted by Crippen LogP contribution is -2.32. The van der Waals surface area contributed by atoms with E-state index >= 15 is 0 Å². The van der Waals surface area contributed by atoms with E-state index in [1.807, 2.05) is 13.8 Å². The SMILES string of the molecule is CC(=O)Oc1cc2c(c3cc(C)sc13)[C@H](CCl)CN2C(=O)CCCC(=O)N1C[C@@H](CCl)c2c1cc(OC(C)=O)c1sc(C)cc21. The molecule has 2 aromatic heterocycles. The van der Waals surface area contributed by atoms with Crippen LogP contribution in [-0.2, 0) is 19.2 Å². The fourth-order valence-electron chi connectivity index (χ4n) is 6.58. The minimum absolute atomic E-state index is 0.0623. The highest BCUT2D eigenvalue weighted by Crippen LogP contribution is 2.50. The number of esters is 2. The molecule has 0 spiro atoms. The quantitative estimate of drug-likeness (QED) is 0.107. The topological polar surface area (TPSA) is 93.2 Å². The number of rotatable bonds is 8. The first kappa shape index (κ1) is 31.8. The Labute approximate surface area is 278 Å². The maximum Gasteiger partial charge on any atom is 0.308 e. The molecule has 4 heterocycles. The predicted octanol–water partition coefficient (Wildman–Crippen LogP) is 7.79. The number of nitrogens with zero attached hydrogens (tertiary/aromatic N) is 2. The summed E-state index contributed by atoms with van der Waals surface area (Å²) >= 11 is 15.9. The second-order valence-corrected chi connectivity index (χ2v) is 14.7. The molecule has 4 aromatic rings. The van der Waals surface area contributed by atoms with Crippen molar-refractivity contribution >= 4 is 101 Å². The zero-order chi connectivity index (χ0) is 32.2. The van der Waals surface area contributed by atoms with E-state index in [-0.39, 0.29) is 36.5 Å². The maximum absolute atomic E-state index is 13.6. The highest BCUT2D eigenvalue weighted by Gasteiger charge is 2.37. The summed E-state index contributed by atoms with van der Waals surface area (Å²) in [6.07, 6.45) is 0.662. The van der Waals surface area contributed by atoms with Crippen LogP contribution in [-0.4, -0.2) is 48.6 Å². The van der Waals surface area contributed by atoms with Gasteiger partial charge in [-0.1, -0.05) is 0 Å². The van der Waals surface area contributed by atoms with E-state index in [2.05, 4.69) is 12.1 Å². The fourth-order valence-corrected chi connectivity index (χ4v) is 9.04. The second-order valence-electron chi connectivity index (χ2n) is 11.6. The molecule has 0 radical (unpaired) electrons. The summed E-state index contributed by atoms with van der Waals surface area (Å²) in [7, 11) is 0. The average Bonchev–Trinajstić information content (AvgIpc) is 3.74. The number of thiophene rings is 2. The van der Waals surface area contributed by atoms with Crippen molar-refractivity contribution in [2.24, 2.45) is 0 Å². The molecule has 0 saturated heterocycles. The van der Waals surface area contributed by atoms with Gasteiger partial charge in [-0.3, -0.25) is 19.2 Å². The zero-order valence-corrected chi connectivity index (χ0v) is 28.5. The Kier molecular flexibility index (Phi) is 8.86. The van der Waals surface area contributed by atoms with Gasteiger partial charge in [-0.25, -0.2) is 0 Å². The van der Waals surface area contributed by atoms with Crippen molar-refractivity contribution in [3.8, 4) is 11.5 Å². The van der Waals surface area contributed by atoms with Gasteiger partial charge in [0.1, 0.15) is 0 Å². The molecular weight excluding hydrogens is 655 g/mol. The van der Waals surface area contributed by atoms with Crippen LogP contribution < -0.4 is 19.3 Å². The number of alkyl halides is 2. The van der Waals surface area contributed by atoms with Crippen LogP contribution in [0.4, 0.5) is 11.4 Å². The minimum Gasteiger partial charge on any atom is -0.425 e. The highest BCUT2D eigenvalue weighted by molar-refractivity contribution is 7.19. The molecule has 0 bridgehead atoms. The van der Waals surface area contributed by atoms with E-state index in [0.717, 1.165) is 41.1 Å². The molecule has 45 heavy (non-hydrogen) atoms. The largest absolute Gasteiger partial charge is 0.425 e. The van der Waals surface area contributed by atoms with Gasteiger partial charge in [0.05, 0.1) is 20.8 Å². The van der Waals surface area contributed by atoms with Gasteiger partial charge in [-0.05, 0) is 43.5 Å². The summed E-state index contributed by atoms with van der Waals surface area (Å²) in [5.74, 6) is 0.322. The number of hydrogen-bond donors (Lipinski definition) is 0. The van der Waals surface area contributed by atoms with Crippen molar-refractivity contribution in [1.82, 2.24) is 0 Å². The molecule has 0 unspecified atom stereocenters. The number of anilines is 2. The normalized spacial score (nSPS) is 17.2. The van der Waals surface area contributed by atoms with Crippen molar-refractivity contribution in [2.75, 3.05) is 34.6 Å². The van der Waals surface area contributed by atoms with Crippen LogP contribution in [0.25, 0.3) is 20.2 Å². The molecule has 2 aliphatic rings. The molecule has 2 aromatic carbocycles. The van der Waals surface area contributed by atoms with Crippen LogP contribution >= 0.6 is 45.9 Å². The Morgan fingerprint density at radius 2 is 1.13 bits per heavy atom. The summed E-state index contributed by atoms with van der Waals surface area (Å²) in [4.78, 5) is 56.6. The number of amides is 2. The Hall–Kier alpha value is -3.18. The zero-order valence-electron chi connectivity index (χ0n) is 25.3. The summed E-state index contributed by atoms with van der Waals surface area (Å²) in [6, 6.07) is 7.65. The minimum atomic E-state index is -0.430. The number of fused-ring (bicyclic) bond motifs is 6. The van der Waals surface area contributed by atoms with Gasteiger partial charge in [0.15, 0.2) is 11.5 Å². The molecule has 0 N–H and O–H groups in total. The summed E-state index contributed by atoms with van der Waals surface area (Å²) in [6.45, 7) is 7.55. The molecule has 0 aliphatic carbocycles. The van der Waals surface area contributed by atoms with Crippen molar-refractivity contribution in [3.63, 3.8) is 0 Å². The standard InChI is InChI=1S/C33H32Cl2N2O6S2/c1-16-8-22-30-20(12-34)14-36(24(30)10-26(32(22)44-16)42-18(3)38)28(40)6-5-7-29(41)37-15-21(13-35)31-23-9-17(2)45-33(23)27(11-25(31)37)43-19(4)39/h8-11,20-21H,5-7,12-15H2,1-4H3/t20-,21-/m1/s1. The lowest BCUT2D eigenvalue weighted by molar-refractivity contribution is -0.132. The van der Waals surface area contributed by atoms with Crippen LogP contribution in [0.2, 0.25) is 0 Å². The average molecular weight is 688 g/mol. The first-order valence-corrected chi connectivity index (χ1v) is 17.4. The molecule has 2 aliphatic heterocycles. The molecule has 2 atom stereocenters. The van der Waals surface area contributed by atoms with E-state index in [4.69, 9.17) is 32.7 Å². The van der Waals surface area contributed by atoms with Crippen LogP contribution in [0, 0.1) is 13.8 Å². The van der Waals surface area contributed by atoms with Gasteiger partial charge >= 0.3 is 11.9 Å². The summed E-state index contributed by atoms with van der Waals surface area (Å²) in [5, 5.41) is 1.90. The third kappa shape index (κ3) is 5.82. The second kappa shape index (κ2) is 12.5. The van der Waals surface area contributed by atoms with Crippen molar-refractivity contribution in [2.45, 2.75) is 58.8 Å². The smallest absolute Gasteiger partial charge is 0.308 e. The van der Waals surface area contributed by atoms with Crippen LogP contribution in [0.15, 0.2) is 24.3 Å². The number of ether oxygens (including phenoxy) is 2. The van der Waals surface area contributed by atoms with Crippen molar-refractivity contribution in [3.05, 3.63) is 45.1 Å². The molecule has 6 rings (SSSR count). The van der Waals surface area contributed by atoms with Crippen molar-refractivity contribution < 1.29 is 28.7 Å². The van der Waals surface area contributed by atoms with Crippen LogP contribution in [0.3, 0.4) is 0 Å². The monoisotopic (exact) mass is 686 g/mol. The molecule has 0 saturated carbocycles. The molecule has 236 valence electrons. The predicted molar refractivity (Wildman–Crippen MR) is 181 cm³/mol. The first-order valence-electron chi connectivity index (χ1n) is 14.7. The van der Waals surface area contributed by atoms with Gasteiger partial charge in [0, 0.05) is 96.0 Å². The van der Waals surface area contributed by atoms with Gasteiger partial charge in [0.25, 0.3) is 0 Å². The molecule has 8 nitrogen and oxygen atoms in total. The van der Waals surface area contributed by atoms with E-state index < -0.39 is 11.9 Å². The van der Waals surface area contributed by atoms with E-state index in [0.29, 0.717) is 54.1 Å². The van der Waals surface area contributed by atoms with E-state index in [9.17, 15) is 19.2 Å². The number of halogens is 2. The number of hydrogen-bond acceptors (Lipinski definition) is 8. The molecular formula is C33H32Cl2N2O6S2. The van der Waals surface area contributed by atoms with Gasteiger partial charge in [-0.2, -0.15) is 0 Å². The van der Waals surface area contributed by atoms with Gasteiger partial charge in [-0.15, -0.1) is 45.9 Å². The fraction of sp³-hybridized carbons (Fsp3) is 0.394. The third-order valence-corrected chi connectivity index (χ3v) is 11.2. The van der Waals surface area contributed by atoms with Crippen LogP contribution in [0.5, 0.6) is 11.5 Å². The van der Waals surface area contributed by atoms with E-state index in [1.54, 1.807) is 44.6 Å². The van der Waals surface area contributed by atoms with E-state index in [1.165, 1.54) is 13.8 Å². The number of aryl methyl sites for hydroxylation is 2. The molecule has 2 amide bonds. The number of carbonyl (C=O) groups excluding carboxylic acids is 4. The highest BCUT2D eigenvalue weighted by atomic mass is 35.5. The maximum atomic E-state index is 13.6. The Morgan fingerprint density at radius 1 is 0.733 bits per heavy atom.